The first-order valence-electron chi connectivity index (χ1n) is 5.30. The Morgan fingerprint density at radius 1 is 1.29 bits per heavy atom. The lowest BCUT2D eigenvalue weighted by Gasteiger charge is -2.18. The molecule has 1 aromatic heterocycles. The van der Waals surface area contributed by atoms with Gasteiger partial charge in [-0.25, -0.2) is 4.79 Å². The molecule has 0 aliphatic heterocycles. The molecular formula is C12H14N2O3. The molecular weight excluding hydrogens is 220 g/mol. The summed E-state index contributed by atoms with van der Waals surface area (Å²) in [5.41, 5.74) is 0.137. The van der Waals surface area contributed by atoms with Crippen LogP contribution in [0.25, 0.3) is 10.9 Å². The van der Waals surface area contributed by atoms with E-state index in [0.717, 1.165) is 15.7 Å². The summed E-state index contributed by atoms with van der Waals surface area (Å²) in [5.74, 6) is 0. The summed E-state index contributed by atoms with van der Waals surface area (Å²) >= 11 is 0. The molecule has 0 spiro atoms. The van der Waals surface area contributed by atoms with Crippen LogP contribution in [-0.2, 0) is 4.74 Å². The van der Waals surface area contributed by atoms with E-state index in [1.807, 2.05) is 24.3 Å². The van der Waals surface area contributed by atoms with Crippen LogP contribution in [0.5, 0.6) is 0 Å². The number of hydrogen-bond acceptors (Lipinski definition) is 4. The van der Waals surface area contributed by atoms with Gasteiger partial charge < -0.3 is 4.74 Å². The molecule has 0 atom stereocenters. The van der Waals surface area contributed by atoms with E-state index in [1.165, 1.54) is 0 Å². The predicted octanol–water partition coefficient (Wildman–Crippen LogP) is 2.40. The molecule has 0 saturated carbocycles. The Hall–Kier alpha value is -2.04. The summed E-state index contributed by atoms with van der Waals surface area (Å²) in [5, 5.41) is 4.86. The number of carbonyl (C=O) groups is 1. The third kappa shape index (κ3) is 2.75. The first kappa shape index (κ1) is 11.4. The van der Waals surface area contributed by atoms with E-state index in [4.69, 9.17) is 9.57 Å². The number of para-hydroxylation sites is 1. The van der Waals surface area contributed by atoms with Gasteiger partial charge in [0, 0.05) is 5.39 Å². The highest BCUT2D eigenvalue weighted by Gasteiger charge is 2.19. The summed E-state index contributed by atoms with van der Waals surface area (Å²) < 4.78 is 5.04. The third-order valence-electron chi connectivity index (χ3n) is 2.00. The number of hydrogen-bond donors (Lipinski definition) is 0. The van der Waals surface area contributed by atoms with E-state index in [2.05, 4.69) is 5.10 Å². The maximum Gasteiger partial charge on any atom is 0.535 e. The highest BCUT2D eigenvalue weighted by atomic mass is 16.8. The number of nitrogens with zero attached hydrogens (tertiary/aromatic N) is 2. The van der Waals surface area contributed by atoms with Crippen LogP contribution >= 0.6 is 0 Å². The van der Waals surface area contributed by atoms with Crippen molar-refractivity contribution in [2.45, 2.75) is 26.4 Å². The van der Waals surface area contributed by atoms with Gasteiger partial charge in [0.1, 0.15) is 11.1 Å². The van der Waals surface area contributed by atoms with Gasteiger partial charge in [0.15, 0.2) is 0 Å². The molecule has 17 heavy (non-hydrogen) atoms. The van der Waals surface area contributed by atoms with Gasteiger partial charge in [-0.1, -0.05) is 23.0 Å². The van der Waals surface area contributed by atoms with Crippen LogP contribution in [0.3, 0.4) is 0 Å². The van der Waals surface area contributed by atoms with Crippen molar-refractivity contribution in [3.63, 3.8) is 0 Å². The molecule has 90 valence electrons. The van der Waals surface area contributed by atoms with Crippen molar-refractivity contribution < 1.29 is 14.4 Å². The normalized spacial score (nSPS) is 11.5. The summed E-state index contributed by atoms with van der Waals surface area (Å²) in [7, 11) is 0. The Labute approximate surface area is 98.9 Å². The summed E-state index contributed by atoms with van der Waals surface area (Å²) in [6.45, 7) is 5.32. The lowest BCUT2D eigenvalue weighted by Crippen LogP contribution is -2.30. The molecule has 0 fully saturated rings. The van der Waals surface area contributed by atoms with Crippen LogP contribution in [0.2, 0.25) is 0 Å². The monoisotopic (exact) mass is 234 g/mol. The Bertz CT molecular complexity index is 540. The number of rotatable bonds is 1. The largest absolute Gasteiger partial charge is 0.535 e. The maximum absolute atomic E-state index is 11.5. The van der Waals surface area contributed by atoms with E-state index in [-0.39, 0.29) is 0 Å². The molecule has 0 amide bonds. The van der Waals surface area contributed by atoms with Crippen molar-refractivity contribution in [1.29, 1.82) is 0 Å². The number of ether oxygens (including phenoxy) is 1. The molecule has 2 aromatic rings. The first-order chi connectivity index (χ1) is 7.96. The van der Waals surface area contributed by atoms with Crippen LogP contribution in [-0.4, -0.2) is 21.7 Å². The fourth-order valence-electron chi connectivity index (χ4n) is 1.36. The van der Waals surface area contributed by atoms with Gasteiger partial charge in [-0.05, 0) is 26.8 Å². The lowest BCUT2D eigenvalue weighted by molar-refractivity contribution is -0.0148. The zero-order valence-electron chi connectivity index (χ0n) is 10.0. The van der Waals surface area contributed by atoms with Crippen molar-refractivity contribution in [2.75, 3.05) is 0 Å². The zero-order chi connectivity index (χ0) is 12.5. The van der Waals surface area contributed by atoms with Crippen molar-refractivity contribution in [3.8, 4) is 0 Å². The lowest BCUT2D eigenvalue weighted by atomic mass is 10.2. The van der Waals surface area contributed by atoms with Gasteiger partial charge in [-0.15, -0.1) is 5.10 Å². The number of aromatic nitrogens is 2. The third-order valence-corrected chi connectivity index (χ3v) is 2.00. The molecule has 0 unspecified atom stereocenters. The van der Waals surface area contributed by atoms with Crippen molar-refractivity contribution in [3.05, 3.63) is 30.5 Å². The molecule has 0 radical (unpaired) electrons. The zero-order valence-corrected chi connectivity index (χ0v) is 10.0. The van der Waals surface area contributed by atoms with E-state index in [1.54, 1.807) is 27.0 Å². The van der Waals surface area contributed by atoms with Crippen LogP contribution in [0.4, 0.5) is 4.79 Å². The molecule has 0 N–H and O–H groups in total. The second-order valence-electron chi connectivity index (χ2n) is 4.63. The van der Waals surface area contributed by atoms with E-state index >= 15 is 0 Å². The highest BCUT2D eigenvalue weighted by molar-refractivity contribution is 5.78. The van der Waals surface area contributed by atoms with Crippen LogP contribution in [0.1, 0.15) is 20.8 Å². The van der Waals surface area contributed by atoms with Gasteiger partial charge in [0.05, 0.1) is 6.20 Å². The van der Waals surface area contributed by atoms with E-state index in [0.29, 0.717) is 0 Å². The topological polar surface area (TPSA) is 53.4 Å². The number of benzene rings is 1. The van der Waals surface area contributed by atoms with Crippen molar-refractivity contribution in [1.82, 2.24) is 9.94 Å². The smallest absolute Gasteiger partial charge is 0.427 e. The average Bonchev–Trinajstić information content (AvgIpc) is 2.59. The Morgan fingerprint density at radius 3 is 2.71 bits per heavy atom. The van der Waals surface area contributed by atoms with Gasteiger partial charge in [-0.2, -0.15) is 0 Å². The first-order valence-corrected chi connectivity index (χ1v) is 5.30. The number of fused-ring (bicyclic) bond motifs is 1. The van der Waals surface area contributed by atoms with E-state index < -0.39 is 11.8 Å². The van der Waals surface area contributed by atoms with Crippen LogP contribution in [0.15, 0.2) is 30.5 Å². The van der Waals surface area contributed by atoms with Gasteiger partial charge in [-0.3, -0.25) is 4.84 Å². The molecule has 0 saturated heterocycles. The van der Waals surface area contributed by atoms with Crippen LogP contribution < -0.4 is 4.84 Å². The Balaban J connectivity index is 2.16. The maximum atomic E-state index is 11.5. The second-order valence-corrected chi connectivity index (χ2v) is 4.63. The second kappa shape index (κ2) is 4.08. The highest BCUT2D eigenvalue weighted by Crippen LogP contribution is 2.12. The molecule has 1 heterocycles. The standard InChI is InChI=1S/C12H14N2O3/c1-12(2,3)16-11(15)17-14-10-7-5-4-6-9(10)8-13-14/h4-8H,1-3H3. The average molecular weight is 234 g/mol. The minimum Gasteiger partial charge on any atom is -0.427 e. The summed E-state index contributed by atoms with van der Waals surface area (Å²) in [6, 6.07) is 7.44. The molecule has 5 heteroatoms. The minimum atomic E-state index is -0.772. The van der Waals surface area contributed by atoms with Gasteiger partial charge in [0.25, 0.3) is 0 Å². The Morgan fingerprint density at radius 2 is 2.00 bits per heavy atom. The molecule has 0 aliphatic carbocycles. The molecule has 0 bridgehead atoms. The number of carbonyl (C=O) groups excluding carboxylic acids is 1. The Kier molecular flexibility index (Phi) is 2.75. The fourth-order valence-corrected chi connectivity index (χ4v) is 1.36. The van der Waals surface area contributed by atoms with Crippen molar-refractivity contribution >= 4 is 17.1 Å². The predicted molar refractivity (Wildman–Crippen MR) is 62.5 cm³/mol. The van der Waals surface area contributed by atoms with Crippen LogP contribution in [0, 0.1) is 0 Å². The molecule has 1 aromatic carbocycles. The van der Waals surface area contributed by atoms with Gasteiger partial charge in [0.2, 0.25) is 0 Å². The minimum absolute atomic E-state index is 0.583. The van der Waals surface area contributed by atoms with Crippen molar-refractivity contribution in [2.24, 2.45) is 0 Å². The van der Waals surface area contributed by atoms with Gasteiger partial charge >= 0.3 is 6.16 Å². The molecule has 5 nitrogen and oxygen atoms in total. The SMILES string of the molecule is CC(C)(C)OC(=O)On1ncc2ccccc21. The summed E-state index contributed by atoms with van der Waals surface area (Å²) in [6.07, 6.45) is 0.853. The van der Waals surface area contributed by atoms with E-state index in [9.17, 15) is 4.79 Å². The summed E-state index contributed by atoms with van der Waals surface area (Å²) in [4.78, 5) is 17.6. The molecule has 0 aliphatic rings. The fraction of sp³-hybridized carbons (Fsp3) is 0.333. The molecule has 2 rings (SSSR count). The quantitative estimate of drug-likeness (QED) is 0.711.